The van der Waals surface area contributed by atoms with Crippen molar-refractivity contribution in [3.05, 3.63) is 59.7 Å². The van der Waals surface area contributed by atoms with Crippen LogP contribution in [0.4, 0.5) is 0 Å². The molecular weight excluding hydrogens is 366 g/mol. The van der Waals surface area contributed by atoms with Crippen molar-refractivity contribution in [2.45, 2.75) is 37.3 Å². The number of piperidine rings is 3. The minimum Gasteiger partial charge on any atom is -0.430 e. The number of hydrogen-bond acceptors (Lipinski definition) is 4. The van der Waals surface area contributed by atoms with Crippen molar-refractivity contribution in [3.63, 3.8) is 0 Å². The van der Waals surface area contributed by atoms with Crippen LogP contribution in [0.15, 0.2) is 48.5 Å². The van der Waals surface area contributed by atoms with Gasteiger partial charge in [-0.15, -0.1) is 0 Å². The van der Waals surface area contributed by atoms with E-state index in [9.17, 15) is 9.90 Å². The fraction of sp³-hybridized carbons (Fsp3) is 0.458. The van der Waals surface area contributed by atoms with Crippen LogP contribution in [-0.2, 0) is 19.9 Å². The number of fused-ring (bicyclic) bond motifs is 6. The van der Waals surface area contributed by atoms with Crippen LogP contribution in [0.25, 0.3) is 11.1 Å². The normalized spacial score (nSPS) is 33.1. The third-order valence-corrected chi connectivity index (χ3v) is 7.58. The molecule has 5 heteroatoms. The molecule has 2 bridgehead atoms. The highest BCUT2D eigenvalue weighted by atomic mass is 16.8. The Balaban J connectivity index is 1.21. The molecule has 2 atom stereocenters. The predicted octanol–water partition coefficient (Wildman–Crippen LogP) is 2.80. The third kappa shape index (κ3) is 2.61. The zero-order valence-corrected chi connectivity index (χ0v) is 16.4. The highest BCUT2D eigenvalue weighted by molar-refractivity contribution is 5.96. The molecular formula is C24H26NO4+. The minimum atomic E-state index is -1.78. The predicted molar refractivity (Wildman–Crippen MR) is 107 cm³/mol. The molecule has 4 aliphatic heterocycles. The van der Waals surface area contributed by atoms with Gasteiger partial charge in [-0.3, -0.25) is 0 Å². The Bertz CT molecular complexity index is 919. The van der Waals surface area contributed by atoms with Gasteiger partial charge in [0, 0.05) is 11.1 Å². The van der Waals surface area contributed by atoms with Crippen LogP contribution in [0.1, 0.15) is 30.4 Å². The lowest BCUT2D eigenvalue weighted by atomic mass is 9.85. The number of benzene rings is 2. The van der Waals surface area contributed by atoms with Crippen molar-refractivity contribution >= 4 is 5.97 Å². The van der Waals surface area contributed by atoms with Gasteiger partial charge in [0.2, 0.25) is 11.9 Å². The largest absolute Gasteiger partial charge is 0.430 e. The van der Waals surface area contributed by atoms with E-state index in [4.69, 9.17) is 9.47 Å². The molecule has 2 aromatic carbocycles. The lowest BCUT2D eigenvalue weighted by Crippen LogP contribution is -2.59. The van der Waals surface area contributed by atoms with Gasteiger partial charge in [0.1, 0.15) is 6.54 Å². The van der Waals surface area contributed by atoms with E-state index in [1.165, 1.54) is 38.9 Å². The number of ether oxygens (including phenoxy) is 2. The molecule has 2 aromatic rings. The fourth-order valence-corrected chi connectivity index (χ4v) is 5.78. The van der Waals surface area contributed by atoms with Gasteiger partial charge in [-0.05, 0) is 36.3 Å². The number of epoxide rings is 1. The quantitative estimate of drug-likeness (QED) is 0.494. The summed E-state index contributed by atoms with van der Waals surface area (Å²) in [5, 5.41) is 11.5. The first kappa shape index (κ1) is 17.6. The molecule has 7 rings (SSSR count). The maximum absolute atomic E-state index is 13.2. The van der Waals surface area contributed by atoms with E-state index >= 15 is 0 Å². The molecule has 1 N–H and O–H groups in total. The van der Waals surface area contributed by atoms with E-state index in [1.807, 2.05) is 36.4 Å². The van der Waals surface area contributed by atoms with E-state index in [1.54, 1.807) is 12.1 Å². The molecule has 0 radical (unpaired) electrons. The van der Waals surface area contributed by atoms with Gasteiger partial charge in [0.15, 0.2) is 6.10 Å². The van der Waals surface area contributed by atoms with Crippen LogP contribution in [0.5, 0.6) is 0 Å². The number of nitrogens with zero attached hydrogens (tertiary/aromatic N) is 1. The summed E-state index contributed by atoms with van der Waals surface area (Å²) < 4.78 is 12.5. The first-order valence-corrected chi connectivity index (χ1v) is 10.7. The molecule has 4 fully saturated rings. The van der Waals surface area contributed by atoms with Gasteiger partial charge in [-0.1, -0.05) is 48.5 Å². The monoisotopic (exact) mass is 392 g/mol. The molecule has 0 spiro atoms. The molecule has 29 heavy (non-hydrogen) atoms. The number of rotatable bonds is 4. The van der Waals surface area contributed by atoms with Crippen LogP contribution < -0.4 is 0 Å². The van der Waals surface area contributed by atoms with Crippen LogP contribution in [0.3, 0.4) is 0 Å². The lowest BCUT2D eigenvalue weighted by molar-refractivity contribution is -0.943. The maximum atomic E-state index is 13.2. The van der Waals surface area contributed by atoms with Crippen molar-refractivity contribution in [1.82, 2.24) is 0 Å². The SMILES string of the molecule is O=C(O[C@H]1OC1C[N+]12CCC(CC1)CC2)C1(O)c2ccccc2-c2ccccc21. The summed E-state index contributed by atoms with van der Waals surface area (Å²) in [6, 6.07) is 15.0. The Morgan fingerprint density at radius 1 is 1.00 bits per heavy atom. The zero-order chi connectivity index (χ0) is 19.6. The van der Waals surface area contributed by atoms with Gasteiger partial charge >= 0.3 is 5.97 Å². The van der Waals surface area contributed by atoms with E-state index in [0.29, 0.717) is 11.1 Å². The van der Waals surface area contributed by atoms with Crippen LogP contribution in [0.2, 0.25) is 0 Å². The summed E-state index contributed by atoms with van der Waals surface area (Å²) in [4.78, 5) is 13.2. The summed E-state index contributed by atoms with van der Waals surface area (Å²) >= 11 is 0. The standard InChI is InChI=1S/C24H26NO4/c26-23(29-22-21(28-22)15-25-12-9-16(10-13-25)11-14-25)24(27)19-7-3-1-5-17(19)18-6-2-4-8-20(18)24/h1-8,16,21-22,27H,9-15H2/q+1/t16?,21?,22-,25?/m1/s1. The average Bonchev–Trinajstić information content (AvgIpc) is 3.43. The van der Waals surface area contributed by atoms with E-state index in [2.05, 4.69) is 0 Å². The van der Waals surface area contributed by atoms with Crippen molar-refractivity contribution in [3.8, 4) is 11.1 Å². The molecule has 5 aliphatic rings. The Kier molecular flexibility index (Phi) is 3.74. The van der Waals surface area contributed by atoms with E-state index in [-0.39, 0.29) is 6.10 Å². The smallest absolute Gasteiger partial charge is 0.350 e. The molecule has 0 saturated carbocycles. The van der Waals surface area contributed by atoms with Gasteiger partial charge in [-0.2, -0.15) is 0 Å². The average molecular weight is 392 g/mol. The number of carbonyl (C=O) groups excluding carboxylic acids is 1. The lowest BCUT2D eigenvalue weighted by Gasteiger charge is -2.48. The van der Waals surface area contributed by atoms with Crippen LogP contribution >= 0.6 is 0 Å². The molecule has 1 aliphatic carbocycles. The number of hydrogen-bond donors (Lipinski definition) is 1. The summed E-state index contributed by atoms with van der Waals surface area (Å²) in [7, 11) is 0. The Morgan fingerprint density at radius 3 is 2.14 bits per heavy atom. The topological polar surface area (TPSA) is 59.1 Å². The molecule has 5 nitrogen and oxygen atoms in total. The number of carbonyl (C=O) groups is 1. The highest BCUT2D eigenvalue weighted by Gasteiger charge is 2.55. The Hall–Kier alpha value is -2.21. The van der Waals surface area contributed by atoms with Crippen molar-refractivity contribution in [2.24, 2.45) is 5.92 Å². The summed E-state index contributed by atoms with van der Waals surface area (Å²) in [5.74, 6) is 0.278. The minimum absolute atomic E-state index is 0.0518. The first-order valence-electron chi connectivity index (χ1n) is 10.7. The van der Waals surface area contributed by atoms with Gasteiger partial charge < -0.3 is 19.1 Å². The number of esters is 1. The second-order valence-electron chi connectivity index (χ2n) is 9.18. The van der Waals surface area contributed by atoms with Crippen LogP contribution in [0, 0.1) is 5.92 Å². The Labute approximate surface area is 170 Å². The molecule has 4 saturated heterocycles. The van der Waals surface area contributed by atoms with E-state index in [0.717, 1.165) is 28.1 Å². The van der Waals surface area contributed by atoms with Gasteiger partial charge in [-0.25, -0.2) is 4.79 Å². The summed E-state index contributed by atoms with van der Waals surface area (Å²) in [6.45, 7) is 4.57. The fourth-order valence-electron chi connectivity index (χ4n) is 5.78. The van der Waals surface area contributed by atoms with Crippen molar-refractivity contribution in [1.29, 1.82) is 0 Å². The maximum Gasteiger partial charge on any atom is 0.350 e. The number of aliphatic hydroxyl groups is 1. The summed E-state index contributed by atoms with van der Waals surface area (Å²) in [5.41, 5.74) is 1.15. The first-order chi connectivity index (χ1) is 14.1. The second-order valence-corrected chi connectivity index (χ2v) is 9.18. The molecule has 4 heterocycles. The highest BCUT2D eigenvalue weighted by Crippen LogP contribution is 2.48. The Morgan fingerprint density at radius 2 is 1.55 bits per heavy atom. The molecule has 1 unspecified atom stereocenters. The molecule has 0 amide bonds. The van der Waals surface area contributed by atoms with E-state index < -0.39 is 17.9 Å². The number of quaternary nitrogens is 1. The van der Waals surface area contributed by atoms with Crippen molar-refractivity contribution < 1.29 is 23.9 Å². The summed E-state index contributed by atoms with van der Waals surface area (Å²) in [6.07, 6.45) is 3.34. The molecule has 0 aromatic heterocycles. The van der Waals surface area contributed by atoms with Gasteiger partial charge in [0.25, 0.3) is 0 Å². The molecule has 150 valence electrons. The second kappa shape index (κ2) is 6.14. The van der Waals surface area contributed by atoms with Crippen LogP contribution in [-0.4, -0.2) is 54.1 Å². The zero-order valence-electron chi connectivity index (χ0n) is 16.4. The van der Waals surface area contributed by atoms with Crippen molar-refractivity contribution in [2.75, 3.05) is 26.2 Å². The van der Waals surface area contributed by atoms with Gasteiger partial charge in [0.05, 0.1) is 19.6 Å². The third-order valence-electron chi connectivity index (χ3n) is 7.58.